The van der Waals surface area contributed by atoms with Crippen molar-refractivity contribution in [2.45, 2.75) is 44.8 Å². The smallest absolute Gasteiger partial charge is 0.0718 e. The third kappa shape index (κ3) is 3.58. The van der Waals surface area contributed by atoms with Gasteiger partial charge in [-0.15, -0.1) is 6.58 Å². The summed E-state index contributed by atoms with van der Waals surface area (Å²) in [5.74, 6) is 0. The van der Waals surface area contributed by atoms with Crippen LogP contribution >= 0.6 is 0 Å². The van der Waals surface area contributed by atoms with Gasteiger partial charge < -0.3 is 9.84 Å². The van der Waals surface area contributed by atoms with Gasteiger partial charge >= 0.3 is 0 Å². The zero-order chi connectivity index (χ0) is 12.0. The molecule has 0 radical (unpaired) electrons. The maximum atomic E-state index is 10.2. The fraction of sp³-hybridized carbons (Fsp3) is 0.846. The van der Waals surface area contributed by atoms with Crippen molar-refractivity contribution in [1.82, 2.24) is 4.90 Å². The Morgan fingerprint density at radius 2 is 2.06 bits per heavy atom. The molecule has 1 N–H and O–H groups in total. The molecule has 0 bridgehead atoms. The van der Waals surface area contributed by atoms with Gasteiger partial charge in [0.1, 0.15) is 0 Å². The summed E-state index contributed by atoms with van der Waals surface area (Å²) in [5.41, 5.74) is -0.148. The Morgan fingerprint density at radius 1 is 1.44 bits per heavy atom. The minimum atomic E-state index is -0.273. The number of morpholine rings is 1. The molecule has 0 spiro atoms. The SMILES string of the molecule is C=CCCCC(O)C(C)(C)N1CCOCC1. The minimum Gasteiger partial charge on any atom is -0.391 e. The van der Waals surface area contributed by atoms with Gasteiger partial charge in [-0.3, -0.25) is 4.90 Å². The van der Waals surface area contributed by atoms with Crippen LogP contribution < -0.4 is 0 Å². The van der Waals surface area contributed by atoms with Gasteiger partial charge in [-0.05, 0) is 33.1 Å². The number of unbranched alkanes of at least 4 members (excludes halogenated alkanes) is 1. The van der Waals surface area contributed by atoms with Gasteiger partial charge in [0.25, 0.3) is 0 Å². The molecule has 3 heteroatoms. The molecule has 1 saturated heterocycles. The van der Waals surface area contributed by atoms with E-state index in [0.29, 0.717) is 0 Å². The second kappa shape index (κ2) is 6.38. The lowest BCUT2D eigenvalue weighted by atomic mass is 9.90. The van der Waals surface area contributed by atoms with Crippen LogP contribution in [0.5, 0.6) is 0 Å². The average molecular weight is 227 g/mol. The molecule has 16 heavy (non-hydrogen) atoms. The topological polar surface area (TPSA) is 32.7 Å². The molecule has 1 aliphatic rings. The molecule has 1 rings (SSSR count). The van der Waals surface area contributed by atoms with Crippen LogP contribution in [0.15, 0.2) is 12.7 Å². The molecule has 1 atom stereocenters. The number of hydrogen-bond donors (Lipinski definition) is 1. The molecule has 3 nitrogen and oxygen atoms in total. The van der Waals surface area contributed by atoms with Crippen LogP contribution in [0.25, 0.3) is 0 Å². The normalized spacial score (nSPS) is 20.7. The predicted molar refractivity (Wildman–Crippen MR) is 66.5 cm³/mol. The van der Waals surface area contributed by atoms with Crippen LogP contribution in [-0.2, 0) is 4.74 Å². The summed E-state index contributed by atoms with van der Waals surface area (Å²) in [6, 6.07) is 0. The van der Waals surface area contributed by atoms with E-state index in [1.54, 1.807) is 0 Å². The monoisotopic (exact) mass is 227 g/mol. The Morgan fingerprint density at radius 3 is 2.62 bits per heavy atom. The van der Waals surface area contributed by atoms with Crippen LogP contribution in [0.4, 0.5) is 0 Å². The number of rotatable bonds is 6. The molecular weight excluding hydrogens is 202 g/mol. The van der Waals surface area contributed by atoms with Crippen LogP contribution in [0.1, 0.15) is 33.1 Å². The number of aliphatic hydroxyl groups is 1. The highest BCUT2D eigenvalue weighted by Crippen LogP contribution is 2.23. The summed E-state index contributed by atoms with van der Waals surface area (Å²) < 4.78 is 5.34. The first-order valence-corrected chi connectivity index (χ1v) is 6.21. The third-order valence-corrected chi connectivity index (χ3v) is 3.53. The first-order valence-electron chi connectivity index (χ1n) is 6.21. The minimum absolute atomic E-state index is 0.148. The predicted octanol–water partition coefficient (Wildman–Crippen LogP) is 1.81. The zero-order valence-corrected chi connectivity index (χ0v) is 10.6. The van der Waals surface area contributed by atoms with E-state index in [2.05, 4.69) is 25.3 Å². The number of aliphatic hydroxyl groups excluding tert-OH is 1. The fourth-order valence-electron chi connectivity index (χ4n) is 2.16. The van der Waals surface area contributed by atoms with Crippen LogP contribution in [0.3, 0.4) is 0 Å². The van der Waals surface area contributed by atoms with Crippen molar-refractivity contribution in [1.29, 1.82) is 0 Å². The van der Waals surface area contributed by atoms with E-state index in [1.807, 2.05) is 6.08 Å². The van der Waals surface area contributed by atoms with Gasteiger partial charge in [-0.2, -0.15) is 0 Å². The lowest BCUT2D eigenvalue weighted by Gasteiger charge is -2.43. The van der Waals surface area contributed by atoms with E-state index in [9.17, 15) is 5.11 Å². The molecule has 0 aliphatic carbocycles. The molecule has 1 unspecified atom stereocenters. The van der Waals surface area contributed by atoms with Gasteiger partial charge in [-0.1, -0.05) is 6.08 Å². The standard InChI is InChI=1S/C13H25NO2/c1-4-5-6-7-12(15)13(2,3)14-8-10-16-11-9-14/h4,12,15H,1,5-11H2,2-3H3. The van der Waals surface area contributed by atoms with Crippen molar-refractivity contribution in [3.63, 3.8) is 0 Å². The molecule has 0 aromatic heterocycles. The molecule has 94 valence electrons. The summed E-state index contributed by atoms with van der Waals surface area (Å²) in [6.07, 6.45) is 4.48. The van der Waals surface area contributed by atoms with Crippen molar-refractivity contribution in [2.24, 2.45) is 0 Å². The molecule has 0 amide bonds. The Kier molecular flexibility index (Phi) is 5.46. The number of nitrogens with zero attached hydrogens (tertiary/aromatic N) is 1. The van der Waals surface area contributed by atoms with Crippen molar-refractivity contribution in [2.75, 3.05) is 26.3 Å². The molecule has 0 saturated carbocycles. The van der Waals surface area contributed by atoms with Gasteiger partial charge in [0, 0.05) is 18.6 Å². The van der Waals surface area contributed by atoms with E-state index in [4.69, 9.17) is 4.74 Å². The molecular formula is C13H25NO2. The van der Waals surface area contributed by atoms with Gasteiger partial charge in [0.05, 0.1) is 19.3 Å². The number of hydrogen-bond acceptors (Lipinski definition) is 3. The Bertz CT molecular complexity index is 210. The molecule has 1 fully saturated rings. The van der Waals surface area contributed by atoms with Crippen molar-refractivity contribution < 1.29 is 9.84 Å². The van der Waals surface area contributed by atoms with Gasteiger partial charge in [0.15, 0.2) is 0 Å². The molecule has 0 aromatic carbocycles. The lowest BCUT2D eigenvalue weighted by Crippen LogP contribution is -2.56. The van der Waals surface area contributed by atoms with Gasteiger partial charge in [0.2, 0.25) is 0 Å². The van der Waals surface area contributed by atoms with Crippen molar-refractivity contribution in [3.05, 3.63) is 12.7 Å². The summed E-state index contributed by atoms with van der Waals surface area (Å²) in [4.78, 5) is 2.33. The highest BCUT2D eigenvalue weighted by molar-refractivity contribution is 4.90. The van der Waals surface area contributed by atoms with E-state index < -0.39 is 0 Å². The van der Waals surface area contributed by atoms with E-state index in [-0.39, 0.29) is 11.6 Å². The van der Waals surface area contributed by atoms with E-state index >= 15 is 0 Å². The first-order chi connectivity index (χ1) is 7.59. The molecule has 1 heterocycles. The summed E-state index contributed by atoms with van der Waals surface area (Å²) in [7, 11) is 0. The largest absolute Gasteiger partial charge is 0.391 e. The van der Waals surface area contributed by atoms with Crippen molar-refractivity contribution in [3.8, 4) is 0 Å². The lowest BCUT2D eigenvalue weighted by molar-refractivity contribution is -0.0641. The maximum Gasteiger partial charge on any atom is 0.0718 e. The second-order valence-electron chi connectivity index (χ2n) is 4.99. The summed E-state index contributed by atoms with van der Waals surface area (Å²) >= 11 is 0. The first kappa shape index (κ1) is 13.7. The quantitative estimate of drug-likeness (QED) is 0.555. The Balaban J connectivity index is 2.43. The van der Waals surface area contributed by atoms with Gasteiger partial charge in [-0.25, -0.2) is 0 Å². The summed E-state index contributed by atoms with van der Waals surface area (Å²) in [6.45, 7) is 11.4. The van der Waals surface area contributed by atoms with Crippen LogP contribution in [0, 0.1) is 0 Å². The highest BCUT2D eigenvalue weighted by atomic mass is 16.5. The Hall–Kier alpha value is -0.380. The maximum absolute atomic E-state index is 10.2. The average Bonchev–Trinajstić information content (AvgIpc) is 2.30. The van der Waals surface area contributed by atoms with Crippen LogP contribution in [-0.4, -0.2) is 48.0 Å². The zero-order valence-electron chi connectivity index (χ0n) is 10.6. The fourth-order valence-corrected chi connectivity index (χ4v) is 2.16. The van der Waals surface area contributed by atoms with Crippen molar-refractivity contribution >= 4 is 0 Å². The molecule has 0 aromatic rings. The van der Waals surface area contributed by atoms with E-state index in [1.165, 1.54) is 0 Å². The summed E-state index contributed by atoms with van der Waals surface area (Å²) in [5, 5.41) is 10.2. The second-order valence-corrected chi connectivity index (χ2v) is 4.99. The highest BCUT2D eigenvalue weighted by Gasteiger charge is 2.34. The van der Waals surface area contributed by atoms with Crippen LogP contribution in [0.2, 0.25) is 0 Å². The Labute approximate surface area is 99.1 Å². The third-order valence-electron chi connectivity index (χ3n) is 3.53. The van der Waals surface area contributed by atoms with E-state index in [0.717, 1.165) is 45.6 Å². The number of allylic oxidation sites excluding steroid dienone is 1. The molecule has 1 aliphatic heterocycles. The number of ether oxygens (including phenoxy) is 1.